The lowest BCUT2D eigenvalue weighted by Crippen LogP contribution is -2.17. The Kier molecular flexibility index (Phi) is 4.06. The van der Waals surface area contributed by atoms with E-state index in [1.54, 1.807) is 0 Å². The molecule has 8 nitrogen and oxygen atoms in total. The van der Waals surface area contributed by atoms with E-state index in [-0.39, 0.29) is 29.4 Å². The van der Waals surface area contributed by atoms with Crippen LogP contribution >= 0.6 is 0 Å². The highest BCUT2D eigenvalue weighted by atomic mass is 19.1. The van der Waals surface area contributed by atoms with Gasteiger partial charge >= 0.3 is 0 Å². The van der Waals surface area contributed by atoms with Crippen molar-refractivity contribution < 1.29 is 23.6 Å². The number of nitro groups is 1. The topological polar surface area (TPSA) is 103 Å². The van der Waals surface area contributed by atoms with Gasteiger partial charge in [0.25, 0.3) is 11.6 Å². The molecule has 1 N–H and O–H groups in total. The van der Waals surface area contributed by atoms with Crippen molar-refractivity contribution in [1.82, 2.24) is 5.43 Å². The molecular weight excluding hydrogens is 321 g/mol. The van der Waals surface area contributed by atoms with E-state index in [0.29, 0.717) is 5.75 Å². The molecule has 0 bridgehead atoms. The second-order valence-corrected chi connectivity index (χ2v) is 4.73. The molecule has 9 heteroatoms. The van der Waals surface area contributed by atoms with Crippen molar-refractivity contribution in [1.29, 1.82) is 0 Å². The van der Waals surface area contributed by atoms with E-state index in [0.717, 1.165) is 18.3 Å². The molecule has 0 spiro atoms. The second kappa shape index (κ2) is 6.32. The molecular formula is C15H10FN3O5. The van der Waals surface area contributed by atoms with E-state index in [1.807, 2.05) is 0 Å². The van der Waals surface area contributed by atoms with Crippen LogP contribution < -0.4 is 14.9 Å². The van der Waals surface area contributed by atoms with Crippen LogP contribution in [0.25, 0.3) is 0 Å². The Morgan fingerprint density at radius 2 is 1.92 bits per heavy atom. The first-order valence-electron chi connectivity index (χ1n) is 6.71. The summed E-state index contributed by atoms with van der Waals surface area (Å²) in [7, 11) is 0. The minimum Gasteiger partial charge on any atom is -0.454 e. The molecule has 24 heavy (non-hydrogen) atoms. The smallest absolute Gasteiger partial charge is 0.282 e. The van der Waals surface area contributed by atoms with Crippen LogP contribution in [0, 0.1) is 15.9 Å². The number of rotatable bonds is 4. The molecule has 0 radical (unpaired) electrons. The quantitative estimate of drug-likeness (QED) is 0.526. The molecule has 0 aromatic heterocycles. The Balaban J connectivity index is 1.78. The third kappa shape index (κ3) is 3.14. The summed E-state index contributed by atoms with van der Waals surface area (Å²) in [4.78, 5) is 22.3. The van der Waals surface area contributed by atoms with Crippen molar-refractivity contribution in [2.24, 2.45) is 5.10 Å². The number of nitrogens with one attached hydrogen (secondary N) is 1. The number of nitro benzene ring substituents is 1. The highest BCUT2D eigenvalue weighted by Gasteiger charge is 2.22. The summed E-state index contributed by atoms with van der Waals surface area (Å²) < 4.78 is 23.0. The summed E-state index contributed by atoms with van der Waals surface area (Å²) in [5.74, 6) is -0.415. The molecule has 0 saturated heterocycles. The monoisotopic (exact) mass is 331 g/mol. The number of hydrogen-bond acceptors (Lipinski definition) is 6. The van der Waals surface area contributed by atoms with E-state index in [1.165, 1.54) is 24.3 Å². The SMILES string of the molecule is O=C(N/N=C\c1cc2c(cc1[N+](=O)[O-])OCO2)c1ccc(F)cc1. The van der Waals surface area contributed by atoms with Crippen LogP contribution in [0.5, 0.6) is 11.5 Å². The summed E-state index contributed by atoms with van der Waals surface area (Å²) in [5.41, 5.74) is 2.32. The Bertz CT molecular complexity index is 836. The summed E-state index contributed by atoms with van der Waals surface area (Å²) in [6.45, 7) is -0.0195. The summed E-state index contributed by atoms with van der Waals surface area (Å²) >= 11 is 0. The Hall–Kier alpha value is -3.49. The molecule has 1 aliphatic heterocycles. The van der Waals surface area contributed by atoms with Gasteiger partial charge in [0.2, 0.25) is 6.79 Å². The van der Waals surface area contributed by atoms with Gasteiger partial charge in [-0.25, -0.2) is 9.82 Å². The summed E-state index contributed by atoms with van der Waals surface area (Å²) in [6.07, 6.45) is 1.13. The van der Waals surface area contributed by atoms with Gasteiger partial charge in [-0.15, -0.1) is 0 Å². The molecule has 0 aliphatic carbocycles. The molecule has 1 heterocycles. The van der Waals surface area contributed by atoms with Gasteiger partial charge in [-0.05, 0) is 30.3 Å². The van der Waals surface area contributed by atoms with Crippen LogP contribution in [0.4, 0.5) is 10.1 Å². The average Bonchev–Trinajstić information content (AvgIpc) is 3.01. The zero-order valence-electron chi connectivity index (χ0n) is 12.1. The largest absolute Gasteiger partial charge is 0.454 e. The fourth-order valence-electron chi connectivity index (χ4n) is 2.03. The highest BCUT2D eigenvalue weighted by Crippen LogP contribution is 2.37. The van der Waals surface area contributed by atoms with E-state index >= 15 is 0 Å². The minimum absolute atomic E-state index is 0.0195. The number of hydrogen-bond donors (Lipinski definition) is 1. The maximum Gasteiger partial charge on any atom is 0.282 e. The molecule has 0 fully saturated rings. The minimum atomic E-state index is -0.592. The fraction of sp³-hybridized carbons (Fsp3) is 0.0667. The first-order valence-corrected chi connectivity index (χ1v) is 6.71. The first-order chi connectivity index (χ1) is 11.5. The number of hydrazone groups is 1. The average molecular weight is 331 g/mol. The number of fused-ring (bicyclic) bond motifs is 1. The predicted molar refractivity (Wildman–Crippen MR) is 80.7 cm³/mol. The zero-order chi connectivity index (χ0) is 17.1. The Morgan fingerprint density at radius 3 is 2.58 bits per heavy atom. The number of carbonyl (C=O) groups is 1. The van der Waals surface area contributed by atoms with Gasteiger partial charge in [-0.1, -0.05) is 0 Å². The van der Waals surface area contributed by atoms with Crippen LogP contribution in [0.1, 0.15) is 15.9 Å². The Morgan fingerprint density at radius 1 is 1.25 bits per heavy atom. The lowest BCUT2D eigenvalue weighted by molar-refractivity contribution is -0.385. The number of carbonyl (C=O) groups excluding carboxylic acids is 1. The maximum atomic E-state index is 12.8. The van der Waals surface area contributed by atoms with Gasteiger partial charge in [0.1, 0.15) is 5.82 Å². The van der Waals surface area contributed by atoms with Crippen LogP contribution in [-0.2, 0) is 0 Å². The maximum absolute atomic E-state index is 12.8. The highest BCUT2D eigenvalue weighted by molar-refractivity contribution is 5.95. The lowest BCUT2D eigenvalue weighted by Gasteiger charge is -2.01. The van der Waals surface area contributed by atoms with Crippen molar-refractivity contribution in [2.75, 3.05) is 6.79 Å². The first kappa shape index (κ1) is 15.4. The third-order valence-electron chi connectivity index (χ3n) is 3.19. The molecule has 1 amide bonds. The van der Waals surface area contributed by atoms with Gasteiger partial charge in [0, 0.05) is 5.56 Å². The van der Waals surface area contributed by atoms with Crippen molar-refractivity contribution in [3.8, 4) is 11.5 Å². The Labute approximate surface area is 134 Å². The zero-order valence-corrected chi connectivity index (χ0v) is 12.1. The second-order valence-electron chi connectivity index (χ2n) is 4.73. The number of ether oxygens (including phenoxy) is 2. The van der Waals surface area contributed by atoms with E-state index in [9.17, 15) is 19.3 Å². The molecule has 2 aromatic carbocycles. The number of halogens is 1. The van der Waals surface area contributed by atoms with E-state index in [4.69, 9.17) is 9.47 Å². The molecule has 0 unspecified atom stereocenters. The van der Waals surface area contributed by atoms with Crippen molar-refractivity contribution in [2.45, 2.75) is 0 Å². The fourth-order valence-corrected chi connectivity index (χ4v) is 2.03. The molecule has 3 rings (SSSR count). The van der Waals surface area contributed by atoms with E-state index < -0.39 is 16.6 Å². The van der Waals surface area contributed by atoms with Crippen LogP contribution in [-0.4, -0.2) is 23.8 Å². The van der Waals surface area contributed by atoms with E-state index in [2.05, 4.69) is 10.5 Å². The number of amides is 1. The van der Waals surface area contributed by atoms with Crippen LogP contribution in [0.2, 0.25) is 0 Å². The van der Waals surface area contributed by atoms with Crippen LogP contribution in [0.3, 0.4) is 0 Å². The summed E-state index contributed by atoms with van der Waals surface area (Å²) in [6, 6.07) is 7.49. The standard InChI is InChI=1S/C15H10FN3O5/c16-11-3-1-9(2-4-11)15(20)18-17-7-10-5-13-14(24-8-23-13)6-12(10)19(21)22/h1-7H,8H2,(H,18,20)/b17-7-. The molecule has 122 valence electrons. The van der Waals surface area contributed by atoms with Crippen molar-refractivity contribution in [3.63, 3.8) is 0 Å². The van der Waals surface area contributed by atoms with Crippen molar-refractivity contribution in [3.05, 3.63) is 63.5 Å². The van der Waals surface area contributed by atoms with Gasteiger partial charge in [0.05, 0.1) is 22.8 Å². The summed E-state index contributed by atoms with van der Waals surface area (Å²) in [5, 5.41) is 14.8. The normalized spacial score (nSPS) is 12.4. The third-order valence-corrected chi connectivity index (χ3v) is 3.19. The molecule has 0 atom stereocenters. The predicted octanol–water partition coefficient (Wildman–Crippen LogP) is 2.23. The van der Waals surface area contributed by atoms with Crippen molar-refractivity contribution >= 4 is 17.8 Å². The molecule has 1 aliphatic rings. The number of benzene rings is 2. The van der Waals surface area contributed by atoms with Crippen LogP contribution in [0.15, 0.2) is 41.5 Å². The van der Waals surface area contributed by atoms with Gasteiger partial charge in [-0.2, -0.15) is 5.10 Å². The van der Waals surface area contributed by atoms with Gasteiger partial charge < -0.3 is 9.47 Å². The molecule has 2 aromatic rings. The van der Waals surface area contributed by atoms with Gasteiger partial charge in [0.15, 0.2) is 11.5 Å². The van der Waals surface area contributed by atoms with Gasteiger partial charge in [-0.3, -0.25) is 14.9 Å². The molecule has 0 saturated carbocycles. The lowest BCUT2D eigenvalue weighted by atomic mass is 10.1. The number of nitrogens with zero attached hydrogens (tertiary/aromatic N) is 2.